The van der Waals surface area contributed by atoms with E-state index >= 15 is 0 Å². The van der Waals surface area contributed by atoms with Crippen LogP contribution in [0.1, 0.15) is 2.85 Å². The van der Waals surface area contributed by atoms with Crippen molar-refractivity contribution in [2.75, 3.05) is 99.4 Å². The zero-order valence-corrected chi connectivity index (χ0v) is 23.1. The molecule has 0 aliphatic carbocycles. The summed E-state index contributed by atoms with van der Waals surface area (Å²) in [5.74, 6) is -4.23. The Labute approximate surface area is 243 Å². The van der Waals surface area contributed by atoms with Crippen molar-refractivity contribution >= 4 is 67.5 Å². The number of nitrogens with one attached hydrogen (secondary N) is 2. The van der Waals surface area contributed by atoms with Crippen LogP contribution in [0, 0.1) is 0 Å². The second kappa shape index (κ2) is 22.6. The van der Waals surface area contributed by atoms with Crippen molar-refractivity contribution in [1.82, 2.24) is 25.3 Å². The van der Waals surface area contributed by atoms with E-state index in [4.69, 9.17) is 19.7 Å². The van der Waals surface area contributed by atoms with E-state index in [-0.39, 0.29) is 99.5 Å². The molecule has 0 saturated carbocycles. The molecule has 0 saturated heterocycles. The number of carbonyl (C=O) groups excluding carboxylic acids is 2. The van der Waals surface area contributed by atoms with Gasteiger partial charge in [0.2, 0.25) is 11.8 Å². The number of methoxy groups -OCH3 is 2. The molecule has 0 atom stereocenters. The van der Waals surface area contributed by atoms with E-state index in [9.17, 15) is 29.1 Å². The van der Waals surface area contributed by atoms with Crippen LogP contribution in [0.25, 0.3) is 0 Å². The largest absolute Gasteiger partial charge is 2.00 e. The average molecular weight is 550 g/mol. The summed E-state index contributed by atoms with van der Waals surface area (Å²) in [5, 5.41) is 32.7. The molecule has 0 unspecified atom stereocenters. The molecule has 0 aliphatic heterocycles. The third kappa shape index (κ3) is 21.7. The fraction of sp³-hybridized carbons (Fsp3) is 0.750. The van der Waals surface area contributed by atoms with Gasteiger partial charge in [-0.15, -0.1) is 0 Å². The maximum atomic E-state index is 12.0. The van der Waals surface area contributed by atoms with Gasteiger partial charge in [-0.05, 0) is 0 Å². The Kier molecular flexibility index (Phi) is 23.0. The molecule has 206 valence electrons. The van der Waals surface area contributed by atoms with E-state index < -0.39 is 42.8 Å². The zero-order valence-electron chi connectivity index (χ0n) is 22.9. The van der Waals surface area contributed by atoms with Gasteiger partial charge >= 0.3 is 55.6 Å². The minimum atomic E-state index is -1.15. The normalized spacial score (nSPS) is 10.8. The van der Waals surface area contributed by atoms with E-state index in [2.05, 4.69) is 10.6 Å². The van der Waals surface area contributed by atoms with Crippen LogP contribution in [0.3, 0.4) is 0 Å². The van der Waals surface area contributed by atoms with Crippen LogP contribution in [0.4, 0.5) is 0 Å². The van der Waals surface area contributed by atoms with Gasteiger partial charge in [-0.25, -0.2) is 0 Å². The number of carboxylic acids is 3. The Morgan fingerprint density at radius 1 is 0.611 bits per heavy atom. The predicted molar refractivity (Wildman–Crippen MR) is 130 cm³/mol. The maximum absolute atomic E-state index is 12.0. The molecule has 36 heavy (non-hydrogen) atoms. The van der Waals surface area contributed by atoms with Gasteiger partial charge in [-0.3, -0.25) is 38.7 Å². The SMILES string of the molecule is COCCNC(=O)CN(CCN(CCN(CC(=O)O)CC(=O)NCCOC)CC(=O)O)CC(=O)O.[Ca+2].[H-].[H-]. The minimum absolute atomic E-state index is 0. The summed E-state index contributed by atoms with van der Waals surface area (Å²) in [6.07, 6.45) is 0. The number of hydrogen-bond donors (Lipinski definition) is 5. The first-order valence-electron chi connectivity index (χ1n) is 10.9. The van der Waals surface area contributed by atoms with Gasteiger partial charge in [-0.2, -0.15) is 0 Å². The van der Waals surface area contributed by atoms with Crippen molar-refractivity contribution in [2.24, 2.45) is 0 Å². The summed E-state index contributed by atoms with van der Waals surface area (Å²) in [4.78, 5) is 61.9. The number of rotatable bonds is 22. The van der Waals surface area contributed by atoms with Gasteiger partial charge in [0.1, 0.15) is 0 Å². The van der Waals surface area contributed by atoms with Crippen molar-refractivity contribution in [3.05, 3.63) is 0 Å². The van der Waals surface area contributed by atoms with Gasteiger partial charge in [0.05, 0.1) is 45.9 Å². The zero-order chi connectivity index (χ0) is 26.6. The molecule has 2 amide bonds. The fourth-order valence-corrected chi connectivity index (χ4v) is 2.94. The van der Waals surface area contributed by atoms with E-state index in [1.165, 1.54) is 28.9 Å². The third-order valence-electron chi connectivity index (χ3n) is 4.53. The van der Waals surface area contributed by atoms with Crippen molar-refractivity contribution in [1.29, 1.82) is 0 Å². The fourth-order valence-electron chi connectivity index (χ4n) is 2.94. The Bertz CT molecular complexity index is 649. The number of amides is 2. The molecular formula is C20H39CaN5O10. The summed E-state index contributed by atoms with van der Waals surface area (Å²) < 4.78 is 9.68. The molecule has 15 nitrogen and oxygen atoms in total. The standard InChI is InChI=1S/C20H37N5O10.Ca.2H/c1-34-9-3-21-16(26)11-24(14-19(30)31)7-5-23(13-18(28)29)6-8-25(15-20(32)33)12-17(27)22-4-10-35-2;;;/h3-15H2,1-2H3,(H,21,26)(H,22,27)(H,28,29)(H,30,31)(H,32,33);;;/q;+2;2*-1. The molecule has 0 rings (SSSR count). The van der Waals surface area contributed by atoms with Crippen molar-refractivity contribution < 1.29 is 51.6 Å². The second-order valence-corrected chi connectivity index (χ2v) is 7.56. The first-order valence-corrected chi connectivity index (χ1v) is 10.9. The molecule has 0 aromatic rings. The molecule has 0 radical (unpaired) electrons. The Morgan fingerprint density at radius 2 is 0.917 bits per heavy atom. The number of carboxylic acid groups (broad SMARTS) is 3. The topological polar surface area (TPSA) is 198 Å². The number of aliphatic carboxylic acids is 3. The van der Waals surface area contributed by atoms with Crippen molar-refractivity contribution in [3.63, 3.8) is 0 Å². The Balaban J connectivity index is -0.00000193. The van der Waals surface area contributed by atoms with Crippen LogP contribution in [0.2, 0.25) is 0 Å². The first kappa shape index (κ1) is 36.6. The number of nitrogens with zero attached hydrogens (tertiary/aromatic N) is 3. The van der Waals surface area contributed by atoms with E-state index in [0.29, 0.717) is 13.2 Å². The molecule has 0 fully saturated rings. The average Bonchev–Trinajstić information content (AvgIpc) is 2.74. The van der Waals surface area contributed by atoms with Crippen LogP contribution in [0.5, 0.6) is 0 Å². The minimum Gasteiger partial charge on any atom is -1.00 e. The molecule has 0 spiro atoms. The van der Waals surface area contributed by atoms with Gasteiger partial charge in [-0.1, -0.05) is 0 Å². The summed E-state index contributed by atoms with van der Waals surface area (Å²) in [5.41, 5.74) is 0. The van der Waals surface area contributed by atoms with E-state index in [1.807, 2.05) is 0 Å². The summed E-state index contributed by atoms with van der Waals surface area (Å²) in [6.45, 7) is -0.159. The quantitative estimate of drug-likeness (QED) is 0.0659. The molecule has 0 aromatic carbocycles. The molecule has 16 heteroatoms. The van der Waals surface area contributed by atoms with Gasteiger partial charge < -0.3 is 38.3 Å². The van der Waals surface area contributed by atoms with Gasteiger partial charge in [0.25, 0.3) is 0 Å². The van der Waals surface area contributed by atoms with Gasteiger partial charge in [0.15, 0.2) is 0 Å². The number of hydrogen-bond acceptors (Lipinski definition) is 10. The van der Waals surface area contributed by atoms with Crippen LogP contribution >= 0.6 is 0 Å². The Morgan fingerprint density at radius 3 is 1.22 bits per heavy atom. The third-order valence-corrected chi connectivity index (χ3v) is 4.53. The molecule has 0 bridgehead atoms. The molecule has 5 N–H and O–H groups in total. The molecule has 0 heterocycles. The number of ether oxygens (including phenoxy) is 2. The smallest absolute Gasteiger partial charge is 1.00 e. The molecule has 0 aliphatic rings. The predicted octanol–water partition coefficient (Wildman–Crippen LogP) is -3.48. The molecular weight excluding hydrogens is 510 g/mol. The molecule has 0 aromatic heterocycles. The summed E-state index contributed by atoms with van der Waals surface area (Å²) in [6, 6.07) is 0. The van der Waals surface area contributed by atoms with E-state index in [0.717, 1.165) is 0 Å². The van der Waals surface area contributed by atoms with Crippen molar-refractivity contribution in [2.45, 2.75) is 0 Å². The van der Waals surface area contributed by atoms with Crippen LogP contribution in [-0.4, -0.2) is 197 Å². The monoisotopic (exact) mass is 549 g/mol. The van der Waals surface area contributed by atoms with Crippen molar-refractivity contribution in [3.8, 4) is 0 Å². The van der Waals surface area contributed by atoms with E-state index in [1.54, 1.807) is 0 Å². The van der Waals surface area contributed by atoms with Gasteiger partial charge in [0, 0.05) is 53.5 Å². The maximum Gasteiger partial charge on any atom is 2.00 e. The summed E-state index contributed by atoms with van der Waals surface area (Å²) in [7, 11) is 2.96. The summed E-state index contributed by atoms with van der Waals surface area (Å²) >= 11 is 0. The first-order chi connectivity index (χ1) is 16.6. The van der Waals surface area contributed by atoms with Crippen LogP contribution < -0.4 is 10.6 Å². The van der Waals surface area contributed by atoms with Crippen LogP contribution in [-0.2, 0) is 33.4 Å². The van der Waals surface area contributed by atoms with Crippen LogP contribution in [0.15, 0.2) is 0 Å². The Hall–Kier alpha value is -1.59. The number of carbonyl (C=O) groups is 5. The second-order valence-electron chi connectivity index (χ2n) is 7.56.